The number of ether oxygens (including phenoxy) is 2. The van der Waals surface area contributed by atoms with E-state index in [1.54, 1.807) is 14.2 Å². The van der Waals surface area contributed by atoms with E-state index in [9.17, 15) is 0 Å². The molecule has 1 unspecified atom stereocenters. The molecule has 4 nitrogen and oxygen atoms in total. The zero-order valence-electron chi connectivity index (χ0n) is 12.4. The van der Waals surface area contributed by atoms with E-state index in [2.05, 4.69) is 11.9 Å². The number of hydrogen-bond acceptors (Lipinski definition) is 4. The number of nitrogens with zero attached hydrogens (tertiary/aromatic N) is 1. The molecule has 20 heavy (non-hydrogen) atoms. The van der Waals surface area contributed by atoms with E-state index >= 15 is 0 Å². The van der Waals surface area contributed by atoms with E-state index < -0.39 is 0 Å². The molecule has 0 bridgehead atoms. The Morgan fingerprint density at radius 2 is 2.05 bits per heavy atom. The van der Waals surface area contributed by atoms with Gasteiger partial charge in [-0.1, -0.05) is 17.7 Å². The molecule has 0 radical (unpaired) electrons. The fraction of sp³-hybridized carbons (Fsp3) is 0.600. The summed E-state index contributed by atoms with van der Waals surface area (Å²) in [5.41, 5.74) is 6.96. The Balaban J connectivity index is 2.28. The van der Waals surface area contributed by atoms with Crippen LogP contribution >= 0.6 is 11.6 Å². The van der Waals surface area contributed by atoms with Gasteiger partial charge in [-0.15, -0.1) is 0 Å². The minimum Gasteiger partial charge on any atom is -0.493 e. The molecule has 1 fully saturated rings. The van der Waals surface area contributed by atoms with Gasteiger partial charge in [0.05, 0.1) is 19.2 Å². The lowest BCUT2D eigenvalue weighted by molar-refractivity contribution is 0.239. The summed E-state index contributed by atoms with van der Waals surface area (Å²) in [6.07, 6.45) is 2.64. The zero-order valence-corrected chi connectivity index (χ0v) is 13.1. The summed E-state index contributed by atoms with van der Waals surface area (Å²) in [4.78, 5) is 2.28. The Kier molecular flexibility index (Phi) is 5.13. The first-order valence-electron chi connectivity index (χ1n) is 6.93. The van der Waals surface area contributed by atoms with Crippen molar-refractivity contribution < 1.29 is 9.47 Å². The van der Waals surface area contributed by atoms with Crippen LogP contribution in [-0.4, -0.2) is 39.3 Å². The van der Waals surface area contributed by atoms with E-state index in [1.165, 1.54) is 12.8 Å². The van der Waals surface area contributed by atoms with Gasteiger partial charge in [0.2, 0.25) is 0 Å². The molecule has 1 atom stereocenters. The van der Waals surface area contributed by atoms with Crippen LogP contribution in [0.5, 0.6) is 11.5 Å². The molecule has 0 aromatic heterocycles. The Hall–Kier alpha value is -0.970. The van der Waals surface area contributed by atoms with Crippen LogP contribution in [-0.2, 0) is 0 Å². The van der Waals surface area contributed by atoms with Crippen molar-refractivity contribution in [1.82, 2.24) is 4.90 Å². The predicted molar refractivity (Wildman–Crippen MR) is 81.7 cm³/mol. The second-order valence-corrected chi connectivity index (χ2v) is 5.72. The van der Waals surface area contributed by atoms with Crippen LogP contribution < -0.4 is 15.2 Å². The summed E-state index contributed by atoms with van der Waals surface area (Å²) < 4.78 is 10.6. The normalized spacial score (nSPS) is 16.3. The number of likely N-dealkylation sites (N-methyl/N-ethyl adjacent to an activating group) is 1. The first-order chi connectivity index (χ1) is 9.62. The molecule has 0 spiro atoms. The van der Waals surface area contributed by atoms with Crippen LogP contribution in [0.4, 0.5) is 0 Å². The molecule has 5 heteroatoms. The van der Waals surface area contributed by atoms with Crippen molar-refractivity contribution >= 4 is 11.6 Å². The summed E-state index contributed by atoms with van der Waals surface area (Å²) in [6.45, 7) is 1.59. The largest absolute Gasteiger partial charge is 0.493 e. The lowest BCUT2D eigenvalue weighted by atomic mass is 10.0. The molecule has 0 aliphatic heterocycles. The van der Waals surface area contributed by atoms with Crippen LogP contribution in [0.15, 0.2) is 12.1 Å². The average Bonchev–Trinajstić information content (AvgIpc) is 3.24. The van der Waals surface area contributed by atoms with E-state index in [1.807, 2.05) is 12.1 Å². The van der Waals surface area contributed by atoms with Crippen molar-refractivity contribution in [3.63, 3.8) is 0 Å². The molecule has 0 saturated heterocycles. The summed E-state index contributed by atoms with van der Waals surface area (Å²) in [5.74, 6) is 2.03. The highest BCUT2D eigenvalue weighted by molar-refractivity contribution is 6.33. The molecule has 2 N–H and O–H groups in total. The summed E-state index contributed by atoms with van der Waals surface area (Å²) in [6, 6.07) is 3.96. The molecule has 1 aliphatic rings. The monoisotopic (exact) mass is 298 g/mol. The minimum atomic E-state index is 0.0999. The van der Waals surface area contributed by atoms with E-state index in [0.717, 1.165) is 18.0 Å². The van der Waals surface area contributed by atoms with Gasteiger partial charge in [-0.25, -0.2) is 0 Å². The quantitative estimate of drug-likeness (QED) is 0.841. The molecule has 1 aromatic carbocycles. The zero-order chi connectivity index (χ0) is 14.7. The first kappa shape index (κ1) is 15.4. The fourth-order valence-corrected chi connectivity index (χ4v) is 2.90. The van der Waals surface area contributed by atoms with Gasteiger partial charge in [-0.3, -0.25) is 4.90 Å². The van der Waals surface area contributed by atoms with Gasteiger partial charge in [0.15, 0.2) is 11.5 Å². The first-order valence-corrected chi connectivity index (χ1v) is 7.30. The number of benzene rings is 1. The van der Waals surface area contributed by atoms with Gasteiger partial charge in [0.25, 0.3) is 0 Å². The molecule has 0 heterocycles. The van der Waals surface area contributed by atoms with Crippen molar-refractivity contribution in [2.75, 3.05) is 34.4 Å². The number of methoxy groups -OCH3 is 2. The Morgan fingerprint density at radius 1 is 1.35 bits per heavy atom. The second-order valence-electron chi connectivity index (χ2n) is 5.34. The second kappa shape index (κ2) is 6.66. The molecular formula is C15H23ClN2O2. The fourth-order valence-electron chi connectivity index (χ4n) is 2.54. The standard InChI is InChI=1S/C15H23ClN2O2/c1-18(9-10-4-5-10)12(8-17)11-6-7-13(19-2)15(20-3)14(11)16/h6-7,10,12H,4-5,8-9,17H2,1-3H3. The molecule has 0 amide bonds. The van der Waals surface area contributed by atoms with Crippen molar-refractivity contribution in [2.24, 2.45) is 11.7 Å². The summed E-state index contributed by atoms with van der Waals surface area (Å²) in [5, 5.41) is 0.588. The highest BCUT2D eigenvalue weighted by Crippen LogP contribution is 2.41. The van der Waals surface area contributed by atoms with Crippen LogP contribution in [0, 0.1) is 5.92 Å². The van der Waals surface area contributed by atoms with Crippen LogP contribution in [0.2, 0.25) is 5.02 Å². The van der Waals surface area contributed by atoms with E-state index in [-0.39, 0.29) is 6.04 Å². The molecule has 1 aromatic rings. The Labute approximate surface area is 125 Å². The van der Waals surface area contributed by atoms with Crippen molar-refractivity contribution in [1.29, 1.82) is 0 Å². The predicted octanol–water partition coefficient (Wildman–Crippen LogP) is 2.70. The smallest absolute Gasteiger partial charge is 0.179 e. The van der Waals surface area contributed by atoms with Crippen LogP contribution in [0.1, 0.15) is 24.4 Å². The number of halogens is 1. The van der Waals surface area contributed by atoms with Gasteiger partial charge in [0, 0.05) is 19.1 Å². The molecular weight excluding hydrogens is 276 g/mol. The van der Waals surface area contributed by atoms with Gasteiger partial charge >= 0.3 is 0 Å². The lowest BCUT2D eigenvalue weighted by Crippen LogP contribution is -2.32. The maximum Gasteiger partial charge on any atom is 0.179 e. The maximum absolute atomic E-state index is 6.48. The van der Waals surface area contributed by atoms with Crippen LogP contribution in [0.25, 0.3) is 0 Å². The third kappa shape index (κ3) is 3.19. The van der Waals surface area contributed by atoms with E-state index in [4.69, 9.17) is 26.8 Å². The molecule has 1 saturated carbocycles. The summed E-state index contributed by atoms with van der Waals surface area (Å²) in [7, 11) is 5.30. The molecule has 1 aliphatic carbocycles. The SMILES string of the molecule is COc1ccc(C(CN)N(C)CC2CC2)c(Cl)c1OC. The maximum atomic E-state index is 6.48. The highest BCUT2D eigenvalue weighted by atomic mass is 35.5. The number of rotatable bonds is 7. The van der Waals surface area contributed by atoms with Crippen molar-refractivity contribution in [2.45, 2.75) is 18.9 Å². The van der Waals surface area contributed by atoms with Gasteiger partial charge in [0.1, 0.15) is 0 Å². The highest BCUT2D eigenvalue weighted by Gasteiger charge is 2.28. The van der Waals surface area contributed by atoms with E-state index in [0.29, 0.717) is 23.1 Å². The lowest BCUT2D eigenvalue weighted by Gasteiger charge is -2.28. The molecule has 112 valence electrons. The number of hydrogen-bond donors (Lipinski definition) is 1. The molecule has 2 rings (SSSR count). The average molecular weight is 299 g/mol. The van der Waals surface area contributed by atoms with Gasteiger partial charge < -0.3 is 15.2 Å². The Morgan fingerprint density at radius 3 is 2.55 bits per heavy atom. The number of nitrogens with two attached hydrogens (primary N) is 1. The van der Waals surface area contributed by atoms with Gasteiger partial charge in [-0.2, -0.15) is 0 Å². The minimum absolute atomic E-state index is 0.0999. The topological polar surface area (TPSA) is 47.7 Å². The third-order valence-electron chi connectivity index (χ3n) is 3.87. The van der Waals surface area contributed by atoms with Crippen molar-refractivity contribution in [3.05, 3.63) is 22.7 Å². The van der Waals surface area contributed by atoms with Gasteiger partial charge in [-0.05, 0) is 37.4 Å². The van der Waals surface area contributed by atoms with Crippen molar-refractivity contribution in [3.8, 4) is 11.5 Å². The Bertz CT molecular complexity index is 463. The summed E-state index contributed by atoms with van der Waals surface area (Å²) >= 11 is 6.48. The third-order valence-corrected chi connectivity index (χ3v) is 4.26. The van der Waals surface area contributed by atoms with Crippen LogP contribution in [0.3, 0.4) is 0 Å².